The van der Waals surface area contributed by atoms with Gasteiger partial charge >= 0.3 is 5.97 Å². The molecule has 9 heteroatoms. The molecular weight excluding hydrogens is 456 g/mol. The van der Waals surface area contributed by atoms with Crippen LogP contribution in [-0.4, -0.2) is 39.7 Å². The van der Waals surface area contributed by atoms with E-state index in [0.717, 1.165) is 24.1 Å². The molecule has 3 aromatic rings. The zero-order valence-corrected chi connectivity index (χ0v) is 19.9. The lowest BCUT2D eigenvalue weighted by Gasteiger charge is -2.11. The molecule has 0 spiro atoms. The van der Waals surface area contributed by atoms with Crippen LogP contribution >= 0.6 is 11.6 Å². The summed E-state index contributed by atoms with van der Waals surface area (Å²) in [4.78, 5) is 32.0. The van der Waals surface area contributed by atoms with Gasteiger partial charge < -0.3 is 19.7 Å². The molecule has 1 atom stereocenters. The largest absolute Gasteiger partial charge is 0.481 e. The van der Waals surface area contributed by atoms with Crippen LogP contribution in [0.2, 0.25) is 5.02 Å². The number of fused-ring (bicyclic) bond motifs is 1. The smallest absolute Gasteiger partial charge is 0.308 e. The number of halogens is 1. The van der Waals surface area contributed by atoms with Gasteiger partial charge in [0.25, 0.3) is 5.91 Å². The molecule has 2 heterocycles. The number of pyridine rings is 1. The highest BCUT2D eigenvalue weighted by Gasteiger charge is 2.23. The molecule has 0 saturated carbocycles. The van der Waals surface area contributed by atoms with Crippen molar-refractivity contribution in [2.24, 2.45) is 13.0 Å². The van der Waals surface area contributed by atoms with E-state index >= 15 is 0 Å². The first-order valence-electron chi connectivity index (χ1n) is 11.0. The van der Waals surface area contributed by atoms with E-state index in [4.69, 9.17) is 28.0 Å². The Morgan fingerprint density at radius 2 is 2.12 bits per heavy atom. The average molecular weight is 483 g/mol. The molecule has 0 bridgehead atoms. The van der Waals surface area contributed by atoms with Crippen LogP contribution in [0.5, 0.6) is 0 Å². The number of carbonyl (C=O) groups is 2. The van der Waals surface area contributed by atoms with E-state index in [0.29, 0.717) is 46.9 Å². The molecule has 8 nitrogen and oxygen atoms in total. The molecule has 0 aliphatic heterocycles. The topological polar surface area (TPSA) is 97.8 Å². The van der Waals surface area contributed by atoms with Gasteiger partial charge in [0, 0.05) is 42.5 Å². The number of nitrogens with one attached hydrogen (secondary N) is 1. The van der Waals surface area contributed by atoms with Crippen molar-refractivity contribution >= 4 is 40.2 Å². The summed E-state index contributed by atoms with van der Waals surface area (Å²) in [6, 6.07) is 9.20. The number of hydrogen-bond acceptors (Lipinski definition) is 4. The molecule has 178 valence electrons. The van der Waals surface area contributed by atoms with Gasteiger partial charge in [-0.25, -0.2) is 9.83 Å². The number of carboxylic acids is 1. The fourth-order valence-electron chi connectivity index (χ4n) is 3.69. The van der Waals surface area contributed by atoms with Crippen LogP contribution in [0.3, 0.4) is 0 Å². The van der Waals surface area contributed by atoms with E-state index in [1.54, 1.807) is 6.07 Å². The molecule has 34 heavy (non-hydrogen) atoms. The molecule has 0 aliphatic carbocycles. The van der Waals surface area contributed by atoms with Crippen LogP contribution < -0.4 is 5.32 Å². The number of aliphatic carboxylic acids is 1. The quantitative estimate of drug-likeness (QED) is 0.303. The van der Waals surface area contributed by atoms with Gasteiger partial charge in [-0.3, -0.25) is 9.59 Å². The molecule has 0 fully saturated rings. The van der Waals surface area contributed by atoms with Crippen molar-refractivity contribution < 1.29 is 19.4 Å². The van der Waals surface area contributed by atoms with Crippen molar-refractivity contribution in [3.63, 3.8) is 0 Å². The summed E-state index contributed by atoms with van der Waals surface area (Å²) in [5, 5.41) is 13.1. The summed E-state index contributed by atoms with van der Waals surface area (Å²) in [6.45, 7) is 9.87. The van der Waals surface area contributed by atoms with E-state index < -0.39 is 11.9 Å². The highest BCUT2D eigenvalue weighted by molar-refractivity contribution is 6.30. The van der Waals surface area contributed by atoms with Gasteiger partial charge in [0.2, 0.25) is 5.69 Å². The Morgan fingerprint density at radius 3 is 2.82 bits per heavy atom. The number of rotatable bonds is 11. The molecule has 1 amide bonds. The first-order valence-corrected chi connectivity index (χ1v) is 11.4. The standard InChI is InChI=1S/C25H27ClN4O4/c1-16(25(32)33)13-29-24(31)22-20-12-19(27-2)14-28-23(20)30(3)21(22)9-4-5-10-34-15-17-7-6-8-18(26)11-17/h6-8,11-12,14,16H,4-5,9-10,13,15H2,1,3H3,(H,29,31)(H,32,33). The second-order valence-electron chi connectivity index (χ2n) is 8.15. The summed E-state index contributed by atoms with van der Waals surface area (Å²) >= 11 is 6.00. The monoisotopic (exact) mass is 482 g/mol. The van der Waals surface area contributed by atoms with Gasteiger partial charge in [-0.05, 0) is 43.0 Å². The number of amides is 1. The second kappa shape index (κ2) is 11.6. The highest BCUT2D eigenvalue weighted by atomic mass is 35.5. The first-order chi connectivity index (χ1) is 16.3. The average Bonchev–Trinajstić information content (AvgIpc) is 3.10. The number of carbonyl (C=O) groups excluding carboxylic acids is 1. The molecule has 3 rings (SSSR count). The number of benzene rings is 1. The zero-order valence-electron chi connectivity index (χ0n) is 19.2. The van der Waals surface area contributed by atoms with E-state index in [9.17, 15) is 9.59 Å². The van der Waals surface area contributed by atoms with Crippen molar-refractivity contribution in [2.75, 3.05) is 13.2 Å². The third-order valence-corrected chi connectivity index (χ3v) is 5.82. The Hall–Kier alpha value is -3.41. The molecule has 1 aromatic carbocycles. The van der Waals surface area contributed by atoms with E-state index in [-0.39, 0.29) is 12.5 Å². The van der Waals surface area contributed by atoms with Gasteiger partial charge in [0.05, 0.1) is 24.7 Å². The van der Waals surface area contributed by atoms with Gasteiger partial charge in [-0.2, -0.15) is 0 Å². The number of aromatic nitrogens is 2. The fraction of sp³-hybridized carbons (Fsp3) is 0.360. The predicted molar refractivity (Wildman–Crippen MR) is 130 cm³/mol. The van der Waals surface area contributed by atoms with E-state index in [2.05, 4.69) is 15.1 Å². The van der Waals surface area contributed by atoms with Crippen LogP contribution in [0, 0.1) is 12.5 Å². The number of ether oxygens (including phenoxy) is 1. The predicted octanol–water partition coefficient (Wildman–Crippen LogP) is 4.77. The van der Waals surface area contributed by atoms with Crippen LogP contribution in [0.4, 0.5) is 5.69 Å². The summed E-state index contributed by atoms with van der Waals surface area (Å²) < 4.78 is 7.62. The molecular formula is C25H27ClN4O4. The van der Waals surface area contributed by atoms with Crippen LogP contribution in [0.1, 0.15) is 41.4 Å². The third-order valence-electron chi connectivity index (χ3n) is 5.59. The van der Waals surface area contributed by atoms with Crippen LogP contribution in [0.25, 0.3) is 15.9 Å². The molecule has 0 saturated heterocycles. The van der Waals surface area contributed by atoms with Crippen LogP contribution in [0.15, 0.2) is 36.5 Å². The minimum atomic E-state index is -0.979. The van der Waals surface area contributed by atoms with Crippen LogP contribution in [-0.2, 0) is 29.6 Å². The second-order valence-corrected chi connectivity index (χ2v) is 8.58. The normalized spacial score (nSPS) is 11.8. The summed E-state index contributed by atoms with van der Waals surface area (Å²) in [5.41, 5.74) is 3.19. The molecule has 2 N–H and O–H groups in total. The van der Waals surface area contributed by atoms with Gasteiger partial charge in [0.15, 0.2) is 0 Å². The van der Waals surface area contributed by atoms with Crippen molar-refractivity contribution in [1.82, 2.24) is 14.9 Å². The summed E-state index contributed by atoms with van der Waals surface area (Å²) in [7, 11) is 1.84. The number of aryl methyl sites for hydroxylation is 1. The van der Waals surface area contributed by atoms with E-state index in [1.165, 1.54) is 13.1 Å². The molecule has 0 radical (unpaired) electrons. The SMILES string of the molecule is [C-]#[N+]c1cnc2c(c1)c(C(=O)NCC(C)C(=O)O)c(CCCCOCc1cccc(Cl)c1)n2C. The molecule has 2 aromatic heterocycles. The van der Waals surface area contributed by atoms with E-state index in [1.807, 2.05) is 35.9 Å². The lowest BCUT2D eigenvalue weighted by Crippen LogP contribution is -2.32. The summed E-state index contributed by atoms with van der Waals surface area (Å²) in [5.74, 6) is -2.06. The highest BCUT2D eigenvalue weighted by Crippen LogP contribution is 2.28. The van der Waals surface area contributed by atoms with Gasteiger partial charge in [-0.15, -0.1) is 0 Å². The number of unbranched alkanes of at least 4 members (excludes halogenated alkanes) is 1. The minimum Gasteiger partial charge on any atom is -0.481 e. The Balaban J connectivity index is 1.70. The van der Waals surface area contributed by atoms with Gasteiger partial charge in [0.1, 0.15) is 5.65 Å². The number of nitrogens with zero attached hydrogens (tertiary/aromatic N) is 3. The Kier molecular flexibility index (Phi) is 8.63. The fourth-order valence-corrected chi connectivity index (χ4v) is 3.90. The maximum Gasteiger partial charge on any atom is 0.308 e. The van der Waals surface area contributed by atoms with Crippen molar-refractivity contribution in [3.8, 4) is 0 Å². The minimum absolute atomic E-state index is 0.0112. The lowest BCUT2D eigenvalue weighted by atomic mass is 10.1. The van der Waals surface area contributed by atoms with Crippen molar-refractivity contribution in [3.05, 3.63) is 69.8 Å². The lowest BCUT2D eigenvalue weighted by molar-refractivity contribution is -0.140. The van der Waals surface area contributed by atoms with Gasteiger partial charge in [-0.1, -0.05) is 30.7 Å². The third kappa shape index (κ3) is 6.13. The Bertz CT molecular complexity index is 1230. The molecule has 1 unspecified atom stereocenters. The maximum absolute atomic E-state index is 13.1. The van der Waals surface area contributed by atoms with Crippen molar-refractivity contribution in [1.29, 1.82) is 0 Å². The zero-order chi connectivity index (χ0) is 24.7. The van der Waals surface area contributed by atoms with Crippen molar-refractivity contribution in [2.45, 2.75) is 32.8 Å². The number of hydrogen-bond donors (Lipinski definition) is 2. The maximum atomic E-state index is 13.1. The Labute approximate surface area is 203 Å². The Morgan fingerprint density at radius 1 is 1.32 bits per heavy atom. The first kappa shape index (κ1) is 25.2. The number of carboxylic acid groups (broad SMARTS) is 1. The molecule has 0 aliphatic rings. The summed E-state index contributed by atoms with van der Waals surface area (Å²) in [6.07, 6.45) is 3.66.